The van der Waals surface area contributed by atoms with Gasteiger partial charge in [0.05, 0.1) is 0 Å². The van der Waals surface area contributed by atoms with Gasteiger partial charge >= 0.3 is 0 Å². The Hall–Kier alpha value is -0.110. The summed E-state index contributed by atoms with van der Waals surface area (Å²) in [5.74, 6) is 0.683. The number of unbranched alkanes of at least 4 members (excludes halogenated alkanes) is 1. The van der Waals surface area contributed by atoms with Crippen molar-refractivity contribution in [1.29, 1.82) is 0 Å². The van der Waals surface area contributed by atoms with Crippen molar-refractivity contribution in [2.45, 2.75) is 33.6 Å². The van der Waals surface area contributed by atoms with E-state index in [2.05, 4.69) is 31.2 Å². The third kappa shape index (κ3) is 6.29. The highest BCUT2D eigenvalue weighted by Crippen LogP contribution is 1.98. The van der Waals surface area contributed by atoms with Gasteiger partial charge in [-0.3, -0.25) is 0 Å². The molecule has 2 heteroatoms. The van der Waals surface area contributed by atoms with Crippen LogP contribution in [0.15, 0.2) is 0 Å². The fraction of sp³-hybridized carbons (Fsp3) is 0.889. The van der Waals surface area contributed by atoms with Gasteiger partial charge in [-0.2, -0.15) is 0 Å². The standard InChI is InChI=1S/C9H18NS/c1-4-5-6-10(8-11)7-9(2)3/h9H,4-7H2,1-3H3. The lowest BCUT2D eigenvalue weighted by molar-refractivity contribution is 0.372. The molecular weight excluding hydrogens is 154 g/mol. The first-order chi connectivity index (χ1) is 5.20. The molecule has 0 aliphatic carbocycles. The quantitative estimate of drug-likeness (QED) is 0.447. The molecule has 0 fully saturated rings. The molecule has 11 heavy (non-hydrogen) atoms. The summed E-state index contributed by atoms with van der Waals surface area (Å²) in [7, 11) is 0. The zero-order valence-corrected chi connectivity index (χ0v) is 8.58. The Morgan fingerprint density at radius 2 is 2.09 bits per heavy atom. The number of hydrogen-bond acceptors (Lipinski definition) is 1. The van der Waals surface area contributed by atoms with E-state index >= 15 is 0 Å². The lowest BCUT2D eigenvalue weighted by atomic mass is 10.2. The molecule has 1 nitrogen and oxygen atoms in total. The highest BCUT2D eigenvalue weighted by Gasteiger charge is 2.01. The van der Waals surface area contributed by atoms with Crippen LogP contribution in [0.1, 0.15) is 33.6 Å². The van der Waals surface area contributed by atoms with Crippen LogP contribution in [-0.2, 0) is 0 Å². The van der Waals surface area contributed by atoms with E-state index < -0.39 is 0 Å². The van der Waals surface area contributed by atoms with Gasteiger partial charge in [0.25, 0.3) is 0 Å². The van der Waals surface area contributed by atoms with Crippen molar-refractivity contribution < 1.29 is 0 Å². The largest absolute Gasteiger partial charge is 0.360 e. The third-order valence-electron chi connectivity index (χ3n) is 1.50. The SMILES string of the molecule is CCCCN([C]=S)CC(C)C. The minimum atomic E-state index is 0.683. The molecule has 0 bridgehead atoms. The molecule has 0 unspecified atom stereocenters. The summed E-state index contributed by atoms with van der Waals surface area (Å²) in [5.41, 5.74) is 2.78. The summed E-state index contributed by atoms with van der Waals surface area (Å²) in [6.45, 7) is 8.70. The molecule has 0 aliphatic heterocycles. The van der Waals surface area contributed by atoms with Gasteiger partial charge in [-0.15, -0.1) is 0 Å². The van der Waals surface area contributed by atoms with Gasteiger partial charge in [-0.25, -0.2) is 0 Å². The van der Waals surface area contributed by atoms with Crippen LogP contribution in [0, 0.1) is 5.92 Å². The molecule has 0 rings (SSSR count). The van der Waals surface area contributed by atoms with E-state index in [1.54, 1.807) is 0 Å². The van der Waals surface area contributed by atoms with E-state index in [1.807, 2.05) is 0 Å². The van der Waals surface area contributed by atoms with Crippen LogP contribution in [0.3, 0.4) is 0 Å². The van der Waals surface area contributed by atoms with E-state index in [9.17, 15) is 0 Å². The maximum Gasteiger partial charge on any atom is 0.136 e. The normalized spacial score (nSPS) is 10.2. The first-order valence-electron chi connectivity index (χ1n) is 4.33. The van der Waals surface area contributed by atoms with Gasteiger partial charge in [0, 0.05) is 13.1 Å². The molecule has 0 aromatic heterocycles. The lowest BCUT2D eigenvalue weighted by Gasteiger charge is -2.19. The molecule has 0 spiro atoms. The second-order valence-corrected chi connectivity index (χ2v) is 3.47. The molecule has 0 saturated carbocycles. The third-order valence-corrected chi connectivity index (χ3v) is 1.75. The molecule has 0 aromatic carbocycles. The van der Waals surface area contributed by atoms with Gasteiger partial charge in [0.1, 0.15) is 5.49 Å². The van der Waals surface area contributed by atoms with E-state index in [0.717, 1.165) is 13.1 Å². The van der Waals surface area contributed by atoms with Gasteiger partial charge < -0.3 is 4.90 Å². The molecule has 0 amide bonds. The van der Waals surface area contributed by atoms with Crippen molar-refractivity contribution in [3.63, 3.8) is 0 Å². The monoisotopic (exact) mass is 172 g/mol. The van der Waals surface area contributed by atoms with Crippen molar-refractivity contribution in [1.82, 2.24) is 4.90 Å². The van der Waals surface area contributed by atoms with Crippen LogP contribution < -0.4 is 0 Å². The zero-order chi connectivity index (χ0) is 8.69. The molecule has 0 atom stereocenters. The van der Waals surface area contributed by atoms with Crippen molar-refractivity contribution >= 4 is 17.7 Å². The predicted octanol–water partition coefficient (Wildman–Crippen LogP) is 2.58. The number of nitrogens with zero attached hydrogens (tertiary/aromatic N) is 1. The summed E-state index contributed by atoms with van der Waals surface area (Å²) in [6, 6.07) is 0. The molecule has 1 radical (unpaired) electrons. The van der Waals surface area contributed by atoms with E-state index in [-0.39, 0.29) is 0 Å². The molecule has 0 aliphatic rings. The maximum atomic E-state index is 4.78. The minimum absolute atomic E-state index is 0.683. The lowest BCUT2D eigenvalue weighted by Crippen LogP contribution is -2.26. The van der Waals surface area contributed by atoms with Crippen LogP contribution in [0.25, 0.3) is 0 Å². The average Bonchev–Trinajstić information content (AvgIpc) is 1.97. The molecule has 65 valence electrons. The first-order valence-corrected chi connectivity index (χ1v) is 4.74. The minimum Gasteiger partial charge on any atom is -0.360 e. The zero-order valence-electron chi connectivity index (χ0n) is 7.76. The van der Waals surface area contributed by atoms with Gasteiger partial charge in [-0.05, 0) is 12.3 Å². The van der Waals surface area contributed by atoms with Crippen LogP contribution >= 0.6 is 12.2 Å². The fourth-order valence-corrected chi connectivity index (χ4v) is 1.13. The second kappa shape index (κ2) is 6.59. The van der Waals surface area contributed by atoms with Crippen molar-refractivity contribution in [2.24, 2.45) is 5.92 Å². The summed E-state index contributed by atoms with van der Waals surface area (Å²) in [6.07, 6.45) is 2.45. The van der Waals surface area contributed by atoms with E-state index in [1.165, 1.54) is 12.8 Å². The highest BCUT2D eigenvalue weighted by molar-refractivity contribution is 7.78. The van der Waals surface area contributed by atoms with Crippen LogP contribution in [0.5, 0.6) is 0 Å². The molecule has 0 aromatic rings. The fourth-order valence-electron chi connectivity index (χ4n) is 0.964. The topological polar surface area (TPSA) is 3.24 Å². The molecule has 0 heterocycles. The van der Waals surface area contributed by atoms with Gasteiger partial charge in [-0.1, -0.05) is 39.4 Å². The smallest absolute Gasteiger partial charge is 0.136 e. The Balaban J connectivity index is 3.49. The van der Waals surface area contributed by atoms with Crippen molar-refractivity contribution in [2.75, 3.05) is 13.1 Å². The summed E-state index contributed by atoms with van der Waals surface area (Å²) in [5, 5.41) is 0. The Morgan fingerprint density at radius 1 is 1.45 bits per heavy atom. The Kier molecular flexibility index (Phi) is 6.52. The van der Waals surface area contributed by atoms with E-state index in [4.69, 9.17) is 12.2 Å². The number of thiocarbonyl (C=S) groups is 1. The van der Waals surface area contributed by atoms with Crippen LogP contribution in [-0.4, -0.2) is 23.5 Å². The second-order valence-electron chi connectivity index (χ2n) is 3.28. The Labute approximate surface area is 75.8 Å². The van der Waals surface area contributed by atoms with Crippen molar-refractivity contribution in [3.05, 3.63) is 0 Å². The van der Waals surface area contributed by atoms with Crippen molar-refractivity contribution in [3.8, 4) is 0 Å². The van der Waals surface area contributed by atoms with E-state index in [0.29, 0.717) is 5.92 Å². The van der Waals surface area contributed by atoms with Crippen LogP contribution in [0.4, 0.5) is 0 Å². The summed E-state index contributed by atoms with van der Waals surface area (Å²) < 4.78 is 0. The predicted molar refractivity (Wildman–Crippen MR) is 53.9 cm³/mol. The maximum absolute atomic E-state index is 4.78. The van der Waals surface area contributed by atoms with Crippen LogP contribution in [0.2, 0.25) is 0 Å². The Morgan fingerprint density at radius 3 is 2.45 bits per heavy atom. The molecular formula is C9H18NS. The number of rotatable bonds is 6. The Bertz CT molecular complexity index is 102. The van der Waals surface area contributed by atoms with Gasteiger partial charge in [0.15, 0.2) is 0 Å². The first kappa shape index (κ1) is 10.9. The highest BCUT2D eigenvalue weighted by atomic mass is 32.1. The summed E-state index contributed by atoms with van der Waals surface area (Å²) in [4.78, 5) is 2.10. The molecule has 0 N–H and O–H groups in total. The number of hydrogen-bond donors (Lipinski definition) is 0. The summed E-state index contributed by atoms with van der Waals surface area (Å²) >= 11 is 4.78. The molecule has 0 saturated heterocycles. The average molecular weight is 172 g/mol. The van der Waals surface area contributed by atoms with Gasteiger partial charge in [0.2, 0.25) is 0 Å².